The number of rotatable bonds is 5. The summed E-state index contributed by atoms with van der Waals surface area (Å²) in [5.41, 5.74) is 2.36. The molecular formula is C20H22N2O4S. The molecule has 0 aliphatic carbocycles. The van der Waals surface area contributed by atoms with Crippen molar-refractivity contribution in [3.63, 3.8) is 0 Å². The third-order valence-corrected chi connectivity index (χ3v) is 5.71. The van der Waals surface area contributed by atoms with Gasteiger partial charge in [-0.05, 0) is 51.0 Å². The highest BCUT2D eigenvalue weighted by molar-refractivity contribution is 7.16. The molecule has 1 aromatic carbocycles. The Labute approximate surface area is 162 Å². The predicted molar refractivity (Wildman–Crippen MR) is 106 cm³/mol. The van der Waals surface area contributed by atoms with Crippen molar-refractivity contribution in [3.8, 4) is 0 Å². The molecule has 0 radical (unpaired) electrons. The highest BCUT2D eigenvalue weighted by atomic mass is 32.1. The molecule has 142 valence electrons. The molecule has 1 aromatic heterocycles. The Hall–Kier alpha value is -2.67. The van der Waals surface area contributed by atoms with Gasteiger partial charge in [-0.2, -0.15) is 0 Å². The average molecular weight is 386 g/mol. The predicted octanol–water partition coefficient (Wildman–Crippen LogP) is 3.92. The van der Waals surface area contributed by atoms with E-state index in [0.29, 0.717) is 34.8 Å². The molecule has 3 rings (SSSR count). The normalized spacial score (nSPS) is 13.7. The molecule has 1 saturated heterocycles. The van der Waals surface area contributed by atoms with Gasteiger partial charge in [0, 0.05) is 29.1 Å². The van der Waals surface area contributed by atoms with E-state index in [0.717, 1.165) is 16.9 Å². The van der Waals surface area contributed by atoms with Crippen LogP contribution < -0.4 is 10.2 Å². The third-order valence-electron chi connectivity index (χ3n) is 4.59. The molecule has 1 fully saturated rings. The van der Waals surface area contributed by atoms with Crippen LogP contribution in [0.15, 0.2) is 24.3 Å². The summed E-state index contributed by atoms with van der Waals surface area (Å²) in [5.74, 6) is -0.692. The Balaban J connectivity index is 1.85. The smallest absolute Gasteiger partial charge is 0.341 e. The van der Waals surface area contributed by atoms with Gasteiger partial charge >= 0.3 is 5.97 Å². The summed E-state index contributed by atoms with van der Waals surface area (Å²) in [4.78, 5) is 39.6. The first-order chi connectivity index (χ1) is 12.9. The minimum absolute atomic E-state index is 0.0710. The van der Waals surface area contributed by atoms with Crippen molar-refractivity contribution in [2.24, 2.45) is 0 Å². The van der Waals surface area contributed by atoms with Crippen molar-refractivity contribution in [3.05, 3.63) is 45.8 Å². The van der Waals surface area contributed by atoms with Gasteiger partial charge in [-0.3, -0.25) is 9.59 Å². The fourth-order valence-electron chi connectivity index (χ4n) is 3.08. The first-order valence-corrected chi connectivity index (χ1v) is 9.73. The number of nitrogens with zero attached hydrogens (tertiary/aromatic N) is 1. The van der Waals surface area contributed by atoms with Crippen LogP contribution in [-0.4, -0.2) is 30.9 Å². The number of carbonyl (C=O) groups is 3. The second-order valence-corrected chi connectivity index (χ2v) is 7.59. The van der Waals surface area contributed by atoms with Gasteiger partial charge in [0.2, 0.25) is 5.91 Å². The molecule has 2 heterocycles. The van der Waals surface area contributed by atoms with E-state index in [4.69, 9.17) is 4.74 Å². The number of thiophene rings is 1. The Morgan fingerprint density at radius 1 is 1.30 bits per heavy atom. The fraction of sp³-hybridized carbons (Fsp3) is 0.350. The number of esters is 1. The van der Waals surface area contributed by atoms with Gasteiger partial charge in [0.25, 0.3) is 5.91 Å². The van der Waals surface area contributed by atoms with Gasteiger partial charge in [0.05, 0.1) is 12.2 Å². The molecule has 2 aromatic rings. The molecule has 1 N–H and O–H groups in total. The van der Waals surface area contributed by atoms with Gasteiger partial charge in [0.1, 0.15) is 5.00 Å². The number of anilines is 2. The molecule has 6 nitrogen and oxygen atoms in total. The first kappa shape index (κ1) is 19.1. The number of nitrogens with one attached hydrogen (secondary N) is 1. The zero-order valence-electron chi connectivity index (χ0n) is 15.6. The maximum Gasteiger partial charge on any atom is 0.341 e. The topological polar surface area (TPSA) is 75.7 Å². The quantitative estimate of drug-likeness (QED) is 0.790. The zero-order valence-corrected chi connectivity index (χ0v) is 16.4. The highest BCUT2D eigenvalue weighted by Gasteiger charge is 2.24. The second kappa shape index (κ2) is 7.92. The lowest BCUT2D eigenvalue weighted by Gasteiger charge is -2.16. The lowest BCUT2D eigenvalue weighted by molar-refractivity contribution is -0.117. The van der Waals surface area contributed by atoms with Gasteiger partial charge in [-0.25, -0.2) is 4.79 Å². The molecule has 27 heavy (non-hydrogen) atoms. The van der Waals surface area contributed by atoms with Crippen molar-refractivity contribution in [1.29, 1.82) is 0 Å². The Bertz CT molecular complexity index is 903. The average Bonchev–Trinajstić information content (AvgIpc) is 3.18. The standard InChI is InChI=1S/C20H22N2O4S/c1-4-26-20(25)17-12(2)13(3)27-19(17)21-18(24)14-7-5-8-15(11-14)22-10-6-9-16(22)23/h5,7-8,11H,4,6,9-10H2,1-3H3,(H,21,24). The lowest BCUT2D eigenvalue weighted by atomic mass is 10.1. The van der Waals surface area contributed by atoms with Crippen molar-refractivity contribution in [2.45, 2.75) is 33.6 Å². The molecule has 1 aliphatic heterocycles. The van der Waals surface area contributed by atoms with Gasteiger partial charge in [-0.1, -0.05) is 6.07 Å². The van der Waals surface area contributed by atoms with Crippen LogP contribution in [0.25, 0.3) is 0 Å². The van der Waals surface area contributed by atoms with Crippen LogP contribution >= 0.6 is 11.3 Å². The van der Waals surface area contributed by atoms with Gasteiger partial charge in [0.15, 0.2) is 0 Å². The first-order valence-electron chi connectivity index (χ1n) is 8.91. The van der Waals surface area contributed by atoms with E-state index < -0.39 is 5.97 Å². The van der Waals surface area contributed by atoms with E-state index in [1.54, 1.807) is 30.0 Å². The van der Waals surface area contributed by atoms with Gasteiger partial charge in [-0.15, -0.1) is 11.3 Å². The molecule has 2 amide bonds. The van der Waals surface area contributed by atoms with Gasteiger partial charge < -0.3 is 15.0 Å². The SMILES string of the molecule is CCOC(=O)c1c(NC(=O)c2cccc(N3CCCC3=O)c2)sc(C)c1C. The van der Waals surface area contributed by atoms with Crippen LogP contribution in [0, 0.1) is 13.8 Å². The maximum absolute atomic E-state index is 12.8. The second-order valence-electron chi connectivity index (χ2n) is 6.36. The number of carbonyl (C=O) groups excluding carboxylic acids is 3. The molecule has 0 saturated carbocycles. The van der Waals surface area contributed by atoms with Crippen molar-refractivity contribution < 1.29 is 19.1 Å². The number of hydrogen-bond acceptors (Lipinski definition) is 5. The summed E-state index contributed by atoms with van der Waals surface area (Å²) in [5, 5.41) is 3.31. The Morgan fingerprint density at radius 3 is 2.74 bits per heavy atom. The highest BCUT2D eigenvalue weighted by Crippen LogP contribution is 2.33. The van der Waals surface area contributed by atoms with Crippen LogP contribution in [0.1, 0.15) is 50.9 Å². The van der Waals surface area contributed by atoms with Crippen LogP contribution in [0.3, 0.4) is 0 Å². The van der Waals surface area contributed by atoms with Crippen LogP contribution in [0.5, 0.6) is 0 Å². The molecule has 7 heteroatoms. The van der Waals surface area contributed by atoms with Crippen LogP contribution in [-0.2, 0) is 9.53 Å². The molecule has 0 spiro atoms. The maximum atomic E-state index is 12.8. The van der Waals surface area contributed by atoms with Crippen LogP contribution in [0.2, 0.25) is 0 Å². The zero-order chi connectivity index (χ0) is 19.6. The van der Waals surface area contributed by atoms with E-state index in [2.05, 4.69) is 5.32 Å². The lowest BCUT2D eigenvalue weighted by Crippen LogP contribution is -2.24. The number of benzene rings is 1. The van der Waals surface area contributed by atoms with Crippen molar-refractivity contribution in [1.82, 2.24) is 0 Å². The minimum atomic E-state index is -0.439. The summed E-state index contributed by atoms with van der Waals surface area (Å²) < 4.78 is 5.12. The summed E-state index contributed by atoms with van der Waals surface area (Å²) in [6, 6.07) is 6.98. The van der Waals surface area contributed by atoms with Crippen molar-refractivity contribution >= 4 is 39.8 Å². The Morgan fingerprint density at radius 2 is 2.07 bits per heavy atom. The minimum Gasteiger partial charge on any atom is -0.462 e. The number of amides is 2. The van der Waals surface area contributed by atoms with E-state index in [9.17, 15) is 14.4 Å². The third kappa shape index (κ3) is 3.88. The molecule has 0 atom stereocenters. The Kier molecular flexibility index (Phi) is 5.60. The van der Waals surface area contributed by atoms with Crippen molar-refractivity contribution in [2.75, 3.05) is 23.4 Å². The monoisotopic (exact) mass is 386 g/mol. The number of ether oxygens (including phenoxy) is 1. The number of aryl methyl sites for hydroxylation is 1. The van der Waals surface area contributed by atoms with E-state index in [1.807, 2.05) is 19.9 Å². The number of hydrogen-bond donors (Lipinski definition) is 1. The molecule has 0 bridgehead atoms. The van der Waals surface area contributed by atoms with E-state index in [-0.39, 0.29) is 18.4 Å². The summed E-state index contributed by atoms with van der Waals surface area (Å²) in [6.07, 6.45) is 1.36. The largest absolute Gasteiger partial charge is 0.462 e. The molecule has 0 unspecified atom stereocenters. The summed E-state index contributed by atoms with van der Waals surface area (Å²) in [7, 11) is 0. The molecular weight excluding hydrogens is 364 g/mol. The summed E-state index contributed by atoms with van der Waals surface area (Å²) >= 11 is 1.35. The molecule has 1 aliphatic rings. The fourth-order valence-corrected chi connectivity index (χ4v) is 4.12. The van der Waals surface area contributed by atoms with E-state index >= 15 is 0 Å². The summed E-state index contributed by atoms with van der Waals surface area (Å²) in [6.45, 7) is 6.42. The van der Waals surface area contributed by atoms with E-state index in [1.165, 1.54) is 11.3 Å². The van der Waals surface area contributed by atoms with Crippen LogP contribution in [0.4, 0.5) is 10.7 Å².